The van der Waals surface area contributed by atoms with E-state index < -0.39 is 5.82 Å². The molecular weight excluding hydrogens is 281 g/mol. The number of benzene rings is 2. The van der Waals surface area contributed by atoms with Crippen molar-refractivity contribution >= 4 is 17.3 Å². The van der Waals surface area contributed by atoms with Crippen molar-refractivity contribution < 1.29 is 13.9 Å². The summed E-state index contributed by atoms with van der Waals surface area (Å²) in [4.78, 5) is 0. The van der Waals surface area contributed by atoms with Gasteiger partial charge in [0.15, 0.2) is 11.6 Å². The van der Waals surface area contributed by atoms with Crippen LogP contribution in [0.1, 0.15) is 6.42 Å². The van der Waals surface area contributed by atoms with Crippen LogP contribution in [0.3, 0.4) is 0 Å². The van der Waals surface area contributed by atoms with Crippen molar-refractivity contribution in [2.45, 2.75) is 6.42 Å². The molecule has 0 aromatic heterocycles. The van der Waals surface area contributed by atoms with Gasteiger partial charge in [-0.25, -0.2) is 4.39 Å². The standard InChI is InChI=1S/C15H15ClFNO2/c16-11-5-3-6-12(17)15(11)20-10-4-9-19-14-8-2-1-7-13(14)18/h1-3,5-8H,4,9-10,18H2. The van der Waals surface area contributed by atoms with Crippen LogP contribution in [0.5, 0.6) is 11.5 Å². The summed E-state index contributed by atoms with van der Waals surface area (Å²) in [6.07, 6.45) is 0.596. The molecule has 0 amide bonds. The van der Waals surface area contributed by atoms with E-state index in [-0.39, 0.29) is 10.8 Å². The van der Waals surface area contributed by atoms with Gasteiger partial charge in [-0.1, -0.05) is 29.8 Å². The zero-order chi connectivity index (χ0) is 14.4. The molecule has 2 rings (SSSR count). The van der Waals surface area contributed by atoms with Crippen molar-refractivity contribution in [1.82, 2.24) is 0 Å². The van der Waals surface area contributed by atoms with Crippen molar-refractivity contribution in [2.75, 3.05) is 18.9 Å². The van der Waals surface area contributed by atoms with Crippen LogP contribution in [-0.4, -0.2) is 13.2 Å². The van der Waals surface area contributed by atoms with Gasteiger partial charge in [0.1, 0.15) is 5.75 Å². The van der Waals surface area contributed by atoms with Gasteiger partial charge in [0.25, 0.3) is 0 Å². The molecule has 20 heavy (non-hydrogen) atoms. The summed E-state index contributed by atoms with van der Waals surface area (Å²) >= 11 is 5.85. The predicted octanol–water partition coefficient (Wildman–Crippen LogP) is 3.91. The lowest BCUT2D eigenvalue weighted by Gasteiger charge is -2.10. The Labute approximate surface area is 122 Å². The summed E-state index contributed by atoms with van der Waals surface area (Å²) in [6.45, 7) is 0.744. The second kappa shape index (κ2) is 7.01. The highest BCUT2D eigenvalue weighted by Gasteiger charge is 2.07. The molecule has 0 heterocycles. The summed E-state index contributed by atoms with van der Waals surface area (Å²) in [5.74, 6) is 0.246. The lowest BCUT2D eigenvalue weighted by atomic mass is 10.3. The molecule has 5 heteroatoms. The number of halogens is 2. The normalized spacial score (nSPS) is 10.3. The highest BCUT2D eigenvalue weighted by atomic mass is 35.5. The summed E-state index contributed by atoms with van der Waals surface area (Å²) in [5.41, 5.74) is 6.33. The molecule has 0 fully saturated rings. The van der Waals surface area contributed by atoms with Gasteiger partial charge in [0, 0.05) is 6.42 Å². The van der Waals surface area contributed by atoms with E-state index in [1.807, 2.05) is 12.1 Å². The molecule has 0 radical (unpaired) electrons. The Hall–Kier alpha value is -1.94. The highest BCUT2D eigenvalue weighted by molar-refractivity contribution is 6.32. The maximum absolute atomic E-state index is 13.4. The number of hydrogen-bond donors (Lipinski definition) is 1. The molecule has 0 atom stereocenters. The van der Waals surface area contributed by atoms with Crippen molar-refractivity contribution in [2.24, 2.45) is 0 Å². The van der Waals surface area contributed by atoms with Crippen molar-refractivity contribution in [1.29, 1.82) is 0 Å². The molecule has 0 saturated heterocycles. The summed E-state index contributed by atoms with van der Waals surface area (Å²) < 4.78 is 24.2. The lowest BCUT2D eigenvalue weighted by Crippen LogP contribution is -2.07. The Morgan fingerprint density at radius 2 is 1.75 bits per heavy atom. The van der Waals surface area contributed by atoms with Crippen molar-refractivity contribution in [3.8, 4) is 11.5 Å². The fourth-order valence-electron chi connectivity index (χ4n) is 1.65. The van der Waals surface area contributed by atoms with E-state index in [2.05, 4.69) is 0 Å². The highest BCUT2D eigenvalue weighted by Crippen LogP contribution is 2.27. The molecule has 2 aromatic carbocycles. The van der Waals surface area contributed by atoms with Crippen LogP contribution >= 0.6 is 11.6 Å². The van der Waals surface area contributed by atoms with Crippen LogP contribution in [0.4, 0.5) is 10.1 Å². The van der Waals surface area contributed by atoms with Gasteiger partial charge in [-0.2, -0.15) is 0 Å². The van der Waals surface area contributed by atoms with E-state index in [9.17, 15) is 4.39 Å². The average Bonchev–Trinajstić information content (AvgIpc) is 2.43. The maximum Gasteiger partial charge on any atom is 0.173 e. The average molecular weight is 296 g/mol. The van der Waals surface area contributed by atoms with Crippen LogP contribution in [0.15, 0.2) is 42.5 Å². The summed E-state index contributed by atoms with van der Waals surface area (Å²) in [5, 5.41) is 0.262. The number of anilines is 1. The fraction of sp³-hybridized carbons (Fsp3) is 0.200. The topological polar surface area (TPSA) is 44.5 Å². The smallest absolute Gasteiger partial charge is 0.173 e. The van der Waals surface area contributed by atoms with E-state index in [0.717, 1.165) is 0 Å². The molecule has 0 aliphatic carbocycles. The number of para-hydroxylation sites is 3. The molecular formula is C15H15ClFNO2. The Kier molecular flexibility index (Phi) is 5.07. The molecule has 0 bridgehead atoms. The molecule has 0 aliphatic rings. The number of rotatable bonds is 6. The molecule has 0 saturated carbocycles. The van der Waals surface area contributed by atoms with Gasteiger partial charge in [-0.05, 0) is 24.3 Å². The van der Waals surface area contributed by atoms with Gasteiger partial charge in [0.2, 0.25) is 0 Å². The van der Waals surface area contributed by atoms with Gasteiger partial charge in [-0.15, -0.1) is 0 Å². The fourth-order valence-corrected chi connectivity index (χ4v) is 1.87. The van der Waals surface area contributed by atoms with Crippen LogP contribution in [0.2, 0.25) is 5.02 Å². The Morgan fingerprint density at radius 3 is 2.50 bits per heavy atom. The Morgan fingerprint density at radius 1 is 1.00 bits per heavy atom. The lowest BCUT2D eigenvalue weighted by molar-refractivity contribution is 0.242. The first-order chi connectivity index (χ1) is 9.68. The first-order valence-corrected chi connectivity index (χ1v) is 6.60. The molecule has 0 unspecified atom stereocenters. The third kappa shape index (κ3) is 3.78. The molecule has 0 spiro atoms. The quantitative estimate of drug-likeness (QED) is 0.649. The molecule has 3 nitrogen and oxygen atoms in total. The number of nitrogens with two attached hydrogens (primary N) is 1. The zero-order valence-electron chi connectivity index (χ0n) is 10.8. The van der Waals surface area contributed by atoms with E-state index in [1.165, 1.54) is 12.1 Å². The van der Waals surface area contributed by atoms with Gasteiger partial charge >= 0.3 is 0 Å². The van der Waals surface area contributed by atoms with Gasteiger partial charge in [-0.3, -0.25) is 0 Å². The van der Waals surface area contributed by atoms with E-state index in [0.29, 0.717) is 31.1 Å². The van der Waals surface area contributed by atoms with Crippen LogP contribution < -0.4 is 15.2 Å². The number of nitrogen functional groups attached to an aromatic ring is 1. The Bertz CT molecular complexity index is 557. The second-order valence-electron chi connectivity index (χ2n) is 4.14. The summed E-state index contributed by atoms with van der Waals surface area (Å²) in [6, 6.07) is 11.7. The minimum absolute atomic E-state index is 0.0772. The molecule has 0 aliphatic heterocycles. The molecule has 2 N–H and O–H groups in total. The minimum atomic E-state index is -0.467. The monoisotopic (exact) mass is 295 g/mol. The maximum atomic E-state index is 13.4. The van der Waals surface area contributed by atoms with E-state index in [1.54, 1.807) is 18.2 Å². The van der Waals surface area contributed by atoms with Crippen molar-refractivity contribution in [3.63, 3.8) is 0 Å². The third-order valence-corrected chi connectivity index (χ3v) is 2.93. The molecule has 106 valence electrons. The van der Waals surface area contributed by atoms with E-state index in [4.69, 9.17) is 26.8 Å². The molecule has 2 aromatic rings. The zero-order valence-corrected chi connectivity index (χ0v) is 11.6. The largest absolute Gasteiger partial charge is 0.491 e. The minimum Gasteiger partial charge on any atom is -0.491 e. The van der Waals surface area contributed by atoms with Crippen LogP contribution in [0, 0.1) is 5.82 Å². The van der Waals surface area contributed by atoms with Crippen LogP contribution in [-0.2, 0) is 0 Å². The van der Waals surface area contributed by atoms with Crippen molar-refractivity contribution in [3.05, 3.63) is 53.3 Å². The van der Waals surface area contributed by atoms with Gasteiger partial charge in [0.05, 0.1) is 23.9 Å². The second-order valence-corrected chi connectivity index (χ2v) is 4.55. The first-order valence-electron chi connectivity index (χ1n) is 6.22. The predicted molar refractivity (Wildman–Crippen MR) is 77.9 cm³/mol. The number of hydrogen-bond acceptors (Lipinski definition) is 3. The van der Waals surface area contributed by atoms with Gasteiger partial charge < -0.3 is 15.2 Å². The van der Waals surface area contributed by atoms with Crippen LogP contribution in [0.25, 0.3) is 0 Å². The number of ether oxygens (including phenoxy) is 2. The third-order valence-electron chi connectivity index (χ3n) is 2.63. The Balaban J connectivity index is 1.76. The summed E-state index contributed by atoms with van der Waals surface area (Å²) in [7, 11) is 0. The van der Waals surface area contributed by atoms with E-state index >= 15 is 0 Å². The first kappa shape index (κ1) is 14.5. The SMILES string of the molecule is Nc1ccccc1OCCCOc1c(F)cccc1Cl.